The van der Waals surface area contributed by atoms with Crippen LogP contribution in [0.4, 0.5) is 0 Å². The molecule has 0 unspecified atom stereocenters. The van der Waals surface area contributed by atoms with Crippen LogP contribution in [0.3, 0.4) is 0 Å². The summed E-state index contributed by atoms with van der Waals surface area (Å²) in [4.78, 5) is 0. The second-order valence-corrected chi connectivity index (χ2v) is 4.66. The van der Waals surface area contributed by atoms with Crippen molar-refractivity contribution in [3.8, 4) is 0 Å². The van der Waals surface area contributed by atoms with Crippen LogP contribution in [-0.4, -0.2) is 0 Å². The van der Waals surface area contributed by atoms with Gasteiger partial charge in [0.1, 0.15) is 0 Å². The first-order valence-corrected chi connectivity index (χ1v) is 7.09. The van der Waals surface area contributed by atoms with Crippen LogP contribution in [-0.2, 0) is 26.1 Å². The fourth-order valence-electron chi connectivity index (χ4n) is 0.604. The Bertz CT molecular complexity index is 23.4. The molecular weight excluding hydrogens is 273 g/mol. The van der Waals surface area contributed by atoms with E-state index in [-0.39, 0.29) is 0 Å². The van der Waals surface area contributed by atoms with Gasteiger partial charge in [-0.25, -0.2) is 0 Å². The summed E-state index contributed by atoms with van der Waals surface area (Å²) in [6.45, 7) is 2.26. The van der Waals surface area contributed by atoms with Gasteiger partial charge < -0.3 is 0 Å². The molecule has 0 bridgehead atoms. The van der Waals surface area contributed by atoms with Crippen molar-refractivity contribution in [2.75, 3.05) is 0 Å². The van der Waals surface area contributed by atoms with E-state index >= 15 is 0 Å². The van der Waals surface area contributed by atoms with Gasteiger partial charge in [0.25, 0.3) is 0 Å². The predicted molar refractivity (Wildman–Crippen MR) is 28.9 cm³/mol. The summed E-state index contributed by atoms with van der Waals surface area (Å²) in [6.07, 6.45) is 5.84. The van der Waals surface area contributed by atoms with E-state index in [0.29, 0.717) is 0 Å². The number of rotatable bonds is 4. The molecule has 0 heterocycles. The van der Waals surface area contributed by atoms with Gasteiger partial charge >= 0.3 is 62.7 Å². The molecule has 0 spiro atoms. The average Bonchev–Trinajstić information content (AvgIpc) is 1.69. The maximum atomic E-state index is 2.26. The Kier molecular flexibility index (Phi) is 7.86. The summed E-state index contributed by atoms with van der Waals surface area (Å²) in [6, 6.07) is 0. The summed E-state index contributed by atoms with van der Waals surface area (Å²) < 4.78 is 1.56. The second kappa shape index (κ2) is 6.94. The maximum absolute atomic E-state index is 2.26. The van der Waals surface area contributed by atoms with Gasteiger partial charge in [-0.1, -0.05) is 0 Å². The third-order valence-corrected chi connectivity index (χ3v) is 3.05. The van der Waals surface area contributed by atoms with Crippen LogP contribution in [0.1, 0.15) is 32.6 Å². The summed E-state index contributed by atoms with van der Waals surface area (Å²) in [5.41, 5.74) is 0. The Morgan fingerprint density at radius 1 is 1.14 bits per heavy atom. The molecule has 0 N–H and O–H groups in total. The van der Waals surface area contributed by atoms with E-state index in [1.54, 1.807) is 3.93 Å². The molecule has 0 aromatic rings. The van der Waals surface area contributed by atoms with Crippen LogP contribution in [0.2, 0.25) is 3.93 Å². The van der Waals surface area contributed by atoms with E-state index in [2.05, 4.69) is 6.92 Å². The molecule has 0 aliphatic heterocycles. The summed E-state index contributed by atoms with van der Waals surface area (Å²) in [5, 5.41) is 0. The molecule has 0 nitrogen and oxygen atoms in total. The fourth-order valence-corrected chi connectivity index (χ4v) is 1.98. The van der Waals surface area contributed by atoms with E-state index in [4.69, 9.17) is 0 Å². The van der Waals surface area contributed by atoms with Gasteiger partial charge in [0.05, 0.1) is 0 Å². The third kappa shape index (κ3) is 6.94. The first-order chi connectivity index (χ1) is 3.41. The molecule has 0 aliphatic carbocycles. The summed E-state index contributed by atoms with van der Waals surface area (Å²) in [7, 11) is 0. The van der Waals surface area contributed by atoms with Crippen molar-refractivity contribution in [1.29, 1.82) is 0 Å². The minimum atomic E-state index is 1.07. The van der Waals surface area contributed by atoms with Crippen LogP contribution in [0.5, 0.6) is 0 Å². The fraction of sp³-hybridized carbons (Fsp3) is 1.00. The Morgan fingerprint density at radius 3 is 2.29 bits per heavy atom. The molecule has 0 aromatic heterocycles. The minimum absolute atomic E-state index is 1.07. The quantitative estimate of drug-likeness (QED) is 0.550. The molecule has 0 fully saturated rings. The Morgan fingerprint density at radius 2 is 1.86 bits per heavy atom. The zero-order valence-electron chi connectivity index (χ0n) is 5.24. The average molecular weight is 286 g/mol. The van der Waals surface area contributed by atoms with Crippen molar-refractivity contribution in [2.24, 2.45) is 0 Å². The van der Waals surface area contributed by atoms with Gasteiger partial charge in [-0.3, -0.25) is 0 Å². The van der Waals surface area contributed by atoms with Crippen molar-refractivity contribution >= 4 is 0 Å². The Labute approximate surface area is 62.7 Å². The van der Waals surface area contributed by atoms with Gasteiger partial charge in [0.2, 0.25) is 0 Å². The van der Waals surface area contributed by atoms with Crippen molar-refractivity contribution in [1.82, 2.24) is 0 Å². The van der Waals surface area contributed by atoms with E-state index in [1.165, 1.54) is 25.7 Å². The van der Waals surface area contributed by atoms with Crippen LogP contribution in [0.25, 0.3) is 0 Å². The van der Waals surface area contributed by atoms with Gasteiger partial charge in [0, 0.05) is 0 Å². The normalized spacial score (nSPS) is 9.57. The standard InChI is InChI=1S/C6H13.Hg/c1-3-5-6-4-2;/h1,3-6H2,2H3;. The van der Waals surface area contributed by atoms with Gasteiger partial charge in [-0.15, -0.1) is 0 Å². The van der Waals surface area contributed by atoms with Crippen molar-refractivity contribution < 1.29 is 26.1 Å². The molecule has 0 aliphatic rings. The third-order valence-electron chi connectivity index (χ3n) is 1.10. The van der Waals surface area contributed by atoms with Crippen LogP contribution < -0.4 is 0 Å². The van der Waals surface area contributed by atoms with Gasteiger partial charge in [0.15, 0.2) is 0 Å². The number of hydrogen-bond acceptors (Lipinski definition) is 0. The van der Waals surface area contributed by atoms with Crippen LogP contribution in [0.15, 0.2) is 0 Å². The zero-order chi connectivity index (χ0) is 5.54. The number of hydrogen-bond donors (Lipinski definition) is 0. The molecule has 0 saturated heterocycles. The SMILES string of the molecule is CCCCC[CH2][Hg]. The van der Waals surface area contributed by atoms with E-state index in [0.717, 1.165) is 26.1 Å². The van der Waals surface area contributed by atoms with Gasteiger partial charge in [-0.05, 0) is 0 Å². The molecule has 7 heavy (non-hydrogen) atoms. The first-order valence-electron chi connectivity index (χ1n) is 3.21. The molecule has 1 heteroatoms. The first kappa shape index (κ1) is 7.94. The Balaban J connectivity index is 2.45. The van der Waals surface area contributed by atoms with Crippen molar-refractivity contribution in [2.45, 2.75) is 36.5 Å². The summed E-state index contributed by atoms with van der Waals surface area (Å²) >= 11 is 1.07. The summed E-state index contributed by atoms with van der Waals surface area (Å²) in [5.74, 6) is 0. The van der Waals surface area contributed by atoms with Gasteiger partial charge in [-0.2, -0.15) is 0 Å². The van der Waals surface area contributed by atoms with Crippen molar-refractivity contribution in [3.63, 3.8) is 0 Å². The molecule has 0 radical (unpaired) electrons. The molecule has 39 valence electrons. The molecule has 0 amide bonds. The molecular formula is C6H13Hg. The molecule has 0 atom stereocenters. The number of unbranched alkanes of at least 4 members (excludes halogenated alkanes) is 3. The molecule has 0 rings (SSSR count). The monoisotopic (exact) mass is 287 g/mol. The van der Waals surface area contributed by atoms with Crippen molar-refractivity contribution in [3.05, 3.63) is 0 Å². The molecule has 0 aromatic carbocycles. The Hall–Kier alpha value is 0.935. The molecule has 0 saturated carbocycles. The second-order valence-electron chi connectivity index (χ2n) is 1.91. The van der Waals surface area contributed by atoms with E-state index in [1.807, 2.05) is 0 Å². The van der Waals surface area contributed by atoms with Crippen LogP contribution >= 0.6 is 0 Å². The topological polar surface area (TPSA) is 0 Å². The zero-order valence-corrected chi connectivity index (χ0v) is 10.7. The van der Waals surface area contributed by atoms with E-state index < -0.39 is 0 Å². The van der Waals surface area contributed by atoms with E-state index in [9.17, 15) is 0 Å². The van der Waals surface area contributed by atoms with Crippen LogP contribution in [0, 0.1) is 0 Å². The predicted octanol–water partition coefficient (Wildman–Crippen LogP) is 2.53.